The fourth-order valence-corrected chi connectivity index (χ4v) is 9.52. The summed E-state index contributed by atoms with van der Waals surface area (Å²) in [5.74, 6) is 1.79. The number of hydrogen-bond donors (Lipinski definition) is 0. The molecule has 4 heterocycles. The van der Waals surface area contributed by atoms with Gasteiger partial charge in [0.2, 0.25) is 0 Å². The Morgan fingerprint density at radius 2 is 1.49 bits per heavy atom. The molecule has 2 aliphatic carbocycles. The van der Waals surface area contributed by atoms with Crippen LogP contribution in [0, 0.1) is 11.3 Å². The summed E-state index contributed by atoms with van der Waals surface area (Å²) in [5.41, 5.74) is 13.0. The Hall–Kier alpha value is -5.10. The van der Waals surface area contributed by atoms with Gasteiger partial charge in [-0.15, -0.1) is 0 Å². The van der Waals surface area contributed by atoms with E-state index < -0.39 is 0 Å². The van der Waals surface area contributed by atoms with Crippen molar-refractivity contribution in [3.63, 3.8) is 0 Å². The number of nitrogens with zero attached hydrogens (tertiary/aromatic N) is 6. The van der Waals surface area contributed by atoms with Crippen LogP contribution in [0.2, 0.25) is 0 Å². The molecule has 2 bridgehead atoms. The minimum absolute atomic E-state index is 0.0887. The first-order valence-corrected chi connectivity index (χ1v) is 16.0. The third-order valence-electron chi connectivity index (χ3n) is 11.2. The molecule has 0 saturated heterocycles. The number of hydrogen-bond acceptors (Lipinski definition) is 6. The highest BCUT2D eigenvalue weighted by molar-refractivity contribution is 5.94. The lowest BCUT2D eigenvalue weighted by Gasteiger charge is -2.54. The van der Waals surface area contributed by atoms with Gasteiger partial charge in [0.25, 0.3) is 0 Å². The molecule has 45 heavy (non-hydrogen) atoms. The number of para-hydroxylation sites is 4. The van der Waals surface area contributed by atoms with Crippen LogP contribution in [0.15, 0.2) is 116 Å². The van der Waals surface area contributed by atoms with Crippen LogP contribution in [-0.2, 0) is 6.42 Å². The second-order valence-electron chi connectivity index (χ2n) is 13.4. The van der Waals surface area contributed by atoms with Crippen molar-refractivity contribution in [1.29, 1.82) is 0 Å². The van der Waals surface area contributed by atoms with Gasteiger partial charge in [-0.25, -0.2) is 9.97 Å². The first-order valence-electron chi connectivity index (χ1n) is 16.0. The third kappa shape index (κ3) is 3.14. The van der Waals surface area contributed by atoms with E-state index in [0.717, 1.165) is 17.9 Å². The van der Waals surface area contributed by atoms with Crippen molar-refractivity contribution in [1.82, 2.24) is 9.97 Å². The van der Waals surface area contributed by atoms with Gasteiger partial charge in [-0.3, -0.25) is 0 Å². The zero-order chi connectivity index (χ0) is 30.0. The average Bonchev–Trinajstić information content (AvgIpc) is 3.65. The van der Waals surface area contributed by atoms with Gasteiger partial charge in [0.1, 0.15) is 24.3 Å². The fourth-order valence-electron chi connectivity index (χ4n) is 9.52. The molecule has 5 aromatic rings. The van der Waals surface area contributed by atoms with Gasteiger partial charge >= 0.3 is 0 Å². The molecule has 5 atom stereocenters. The first-order chi connectivity index (χ1) is 22.0. The van der Waals surface area contributed by atoms with Crippen LogP contribution in [0.4, 0.5) is 39.9 Å². The van der Waals surface area contributed by atoms with Crippen LogP contribution in [0.1, 0.15) is 36.5 Å². The maximum atomic E-state index is 4.76. The molecule has 6 heteroatoms. The summed E-state index contributed by atoms with van der Waals surface area (Å²) < 4.78 is 0. The summed E-state index contributed by atoms with van der Waals surface area (Å²) in [7, 11) is 2.21. The van der Waals surface area contributed by atoms with Crippen molar-refractivity contribution in [2.45, 2.75) is 38.5 Å². The standard InChI is InChI=1S/C39H34N6/c1-24-43(26-11-5-4-6-12-26)33-15-9-10-16-34(33)44(24)31-14-8-7-13-27(31)30-21-39(2)36(30)29-20-25-17-18-32(28(29)19-25)45-35-22-40-23-41-37(35)42(3)38(39)45/h4-19,21-24,29,36,38H,20H2,1-3H3. The number of benzene rings is 4. The molecular formula is C39H34N6. The molecule has 0 fully saturated rings. The van der Waals surface area contributed by atoms with Crippen molar-refractivity contribution >= 4 is 45.5 Å². The molecule has 5 unspecified atom stereocenters. The smallest absolute Gasteiger partial charge is 0.157 e. The lowest BCUT2D eigenvalue weighted by atomic mass is 9.54. The number of rotatable bonds is 3. The van der Waals surface area contributed by atoms with Gasteiger partial charge in [0, 0.05) is 35.3 Å². The second-order valence-corrected chi connectivity index (χ2v) is 13.4. The minimum atomic E-state index is -0.0887. The summed E-state index contributed by atoms with van der Waals surface area (Å²) in [4.78, 5) is 19.2. The molecule has 0 saturated carbocycles. The van der Waals surface area contributed by atoms with E-state index in [9.17, 15) is 0 Å². The van der Waals surface area contributed by atoms with E-state index in [4.69, 9.17) is 4.98 Å². The Kier molecular flexibility index (Phi) is 4.91. The molecule has 0 amide bonds. The molecule has 10 rings (SSSR count). The van der Waals surface area contributed by atoms with E-state index in [-0.39, 0.29) is 17.7 Å². The van der Waals surface area contributed by atoms with Gasteiger partial charge in [0.05, 0.1) is 23.3 Å². The van der Waals surface area contributed by atoms with Crippen LogP contribution >= 0.6 is 0 Å². The van der Waals surface area contributed by atoms with Gasteiger partial charge in [-0.05, 0) is 72.4 Å². The Labute approximate surface area is 263 Å². The van der Waals surface area contributed by atoms with Crippen LogP contribution < -0.4 is 19.6 Å². The average molecular weight is 587 g/mol. The third-order valence-corrected chi connectivity index (χ3v) is 11.2. The molecular weight excluding hydrogens is 552 g/mol. The predicted octanol–water partition coefficient (Wildman–Crippen LogP) is 8.40. The SMILES string of the molecule is CC1N(c2ccccc2)c2ccccc2N1c1ccccc1C1=CC2(C)C1C1Cc3ccc(c1c3)N1c3cncnc3N(C)C12. The van der Waals surface area contributed by atoms with Crippen LogP contribution in [0.5, 0.6) is 0 Å². The maximum Gasteiger partial charge on any atom is 0.157 e. The van der Waals surface area contributed by atoms with E-state index in [1.807, 2.05) is 6.20 Å². The molecule has 0 N–H and O–H groups in total. The van der Waals surface area contributed by atoms with Crippen molar-refractivity contribution in [3.05, 3.63) is 132 Å². The summed E-state index contributed by atoms with van der Waals surface area (Å²) in [6.07, 6.45) is 7.59. The highest BCUT2D eigenvalue weighted by Crippen LogP contribution is 2.67. The van der Waals surface area contributed by atoms with Crippen LogP contribution in [0.25, 0.3) is 5.57 Å². The molecule has 4 aromatic carbocycles. The highest BCUT2D eigenvalue weighted by Gasteiger charge is 2.61. The van der Waals surface area contributed by atoms with Gasteiger partial charge in [-0.2, -0.15) is 0 Å². The Balaban J connectivity index is 1.14. The van der Waals surface area contributed by atoms with E-state index in [1.54, 1.807) is 6.33 Å². The van der Waals surface area contributed by atoms with Crippen molar-refractivity contribution in [2.24, 2.45) is 11.3 Å². The summed E-state index contributed by atoms with van der Waals surface area (Å²) >= 11 is 0. The predicted molar refractivity (Wildman–Crippen MR) is 182 cm³/mol. The zero-order valence-corrected chi connectivity index (χ0v) is 25.7. The lowest BCUT2D eigenvalue weighted by Crippen LogP contribution is -2.56. The summed E-state index contributed by atoms with van der Waals surface area (Å²) in [5, 5.41) is 0. The van der Waals surface area contributed by atoms with Crippen molar-refractivity contribution in [3.8, 4) is 0 Å². The van der Waals surface area contributed by atoms with Crippen molar-refractivity contribution < 1.29 is 0 Å². The molecule has 3 aliphatic heterocycles. The van der Waals surface area contributed by atoms with Gasteiger partial charge in [0.15, 0.2) is 5.82 Å². The minimum Gasteiger partial charge on any atom is -0.336 e. The Morgan fingerprint density at radius 1 is 0.756 bits per heavy atom. The summed E-state index contributed by atoms with van der Waals surface area (Å²) in [6, 6.07) is 35.9. The van der Waals surface area contributed by atoms with E-state index in [0.29, 0.717) is 11.8 Å². The Bertz CT molecular complexity index is 2050. The summed E-state index contributed by atoms with van der Waals surface area (Å²) in [6.45, 7) is 4.80. The van der Waals surface area contributed by atoms with Crippen molar-refractivity contribution in [2.75, 3.05) is 26.6 Å². The second kappa shape index (κ2) is 8.75. The molecule has 1 aromatic heterocycles. The Morgan fingerprint density at radius 3 is 2.31 bits per heavy atom. The van der Waals surface area contributed by atoms with E-state index in [2.05, 4.69) is 149 Å². The molecule has 0 spiro atoms. The van der Waals surface area contributed by atoms with E-state index >= 15 is 0 Å². The van der Waals surface area contributed by atoms with Crippen LogP contribution in [0.3, 0.4) is 0 Å². The van der Waals surface area contributed by atoms with E-state index in [1.165, 1.54) is 50.7 Å². The first kappa shape index (κ1) is 25.2. The monoisotopic (exact) mass is 586 g/mol. The topological polar surface area (TPSA) is 38.7 Å². The van der Waals surface area contributed by atoms with Crippen LogP contribution in [-0.4, -0.2) is 29.3 Å². The largest absolute Gasteiger partial charge is 0.336 e. The molecule has 220 valence electrons. The number of aromatic nitrogens is 2. The fraction of sp³-hybridized carbons (Fsp3) is 0.231. The van der Waals surface area contributed by atoms with Gasteiger partial charge in [-0.1, -0.05) is 73.7 Å². The lowest BCUT2D eigenvalue weighted by molar-refractivity contribution is 0.203. The normalized spacial score (nSPS) is 26.5. The number of fused-ring (bicyclic) bond motifs is 9. The molecule has 5 aliphatic rings. The quantitative estimate of drug-likeness (QED) is 0.211. The molecule has 6 nitrogen and oxygen atoms in total. The number of allylic oxidation sites excluding steroid dienone is 1. The number of anilines is 7. The zero-order valence-electron chi connectivity index (χ0n) is 25.7. The molecule has 0 radical (unpaired) electrons. The highest BCUT2D eigenvalue weighted by atomic mass is 15.5. The van der Waals surface area contributed by atoms with Gasteiger partial charge < -0.3 is 19.6 Å². The maximum absolute atomic E-state index is 4.76.